The number of benzene rings is 1. The van der Waals surface area contributed by atoms with Crippen LogP contribution in [0.2, 0.25) is 0 Å². The third-order valence-corrected chi connectivity index (χ3v) is 3.95. The van der Waals surface area contributed by atoms with Crippen molar-refractivity contribution in [2.45, 2.75) is 33.4 Å². The Hall–Kier alpha value is -1.98. The first-order valence-corrected chi connectivity index (χ1v) is 7.90. The summed E-state index contributed by atoms with van der Waals surface area (Å²) >= 11 is 0. The van der Waals surface area contributed by atoms with E-state index in [0.29, 0.717) is 11.5 Å². The van der Waals surface area contributed by atoms with Gasteiger partial charge in [-0.3, -0.25) is 4.79 Å². The Labute approximate surface area is 140 Å². The van der Waals surface area contributed by atoms with Gasteiger partial charge in [-0.05, 0) is 29.7 Å². The van der Waals surface area contributed by atoms with E-state index in [2.05, 4.69) is 20.4 Å². The molecule has 1 atom stereocenters. The maximum atomic E-state index is 12.3. The van der Waals surface area contributed by atoms with Gasteiger partial charge in [0.15, 0.2) is 0 Å². The monoisotopic (exact) mass is 342 g/mol. The van der Waals surface area contributed by atoms with Crippen LogP contribution in [0.1, 0.15) is 36.2 Å². The molecular weight excluding hydrogens is 317 g/mol. The molecule has 1 aromatic carbocycles. The van der Waals surface area contributed by atoms with Gasteiger partial charge >= 0.3 is 6.18 Å². The maximum Gasteiger partial charge on any atom is 0.405 e. The molecule has 0 saturated carbocycles. The number of hydrogen-bond acceptors (Lipinski definition) is 2. The van der Waals surface area contributed by atoms with Crippen LogP contribution in [0, 0.1) is 12.8 Å². The summed E-state index contributed by atoms with van der Waals surface area (Å²) in [7, 11) is 1.93. The first kappa shape index (κ1) is 20.1. The zero-order chi connectivity index (χ0) is 18.5. The fourth-order valence-electron chi connectivity index (χ4n) is 2.38. The number of amides is 1. The molecule has 134 valence electrons. The summed E-state index contributed by atoms with van der Waals surface area (Å²) < 4.78 is 36.8. The van der Waals surface area contributed by atoms with Gasteiger partial charge in [-0.25, -0.2) is 0 Å². The minimum atomic E-state index is -4.43. The molecule has 1 N–H and O–H groups in total. The summed E-state index contributed by atoms with van der Waals surface area (Å²) in [5, 5.41) is 3.41. The summed E-state index contributed by atoms with van der Waals surface area (Å²) in [6, 6.07) is 3.16. The van der Waals surface area contributed by atoms with E-state index in [4.69, 9.17) is 0 Å². The van der Waals surface area contributed by atoms with Crippen molar-refractivity contribution < 1.29 is 18.0 Å². The van der Waals surface area contributed by atoms with Crippen molar-refractivity contribution in [2.24, 2.45) is 5.92 Å². The van der Waals surface area contributed by atoms with Gasteiger partial charge in [0.25, 0.3) is 5.91 Å². The Kier molecular flexibility index (Phi) is 6.87. The molecule has 24 heavy (non-hydrogen) atoms. The molecule has 6 heteroatoms. The Morgan fingerprint density at radius 2 is 2.04 bits per heavy atom. The third-order valence-electron chi connectivity index (χ3n) is 3.95. The van der Waals surface area contributed by atoms with Crippen LogP contribution in [0.4, 0.5) is 13.2 Å². The quantitative estimate of drug-likeness (QED) is 0.861. The van der Waals surface area contributed by atoms with Crippen LogP contribution in [0.3, 0.4) is 0 Å². The van der Waals surface area contributed by atoms with Crippen LogP contribution in [0.5, 0.6) is 0 Å². The van der Waals surface area contributed by atoms with Crippen LogP contribution in [-0.2, 0) is 0 Å². The van der Waals surface area contributed by atoms with Crippen molar-refractivity contribution in [3.8, 4) is 0 Å². The average molecular weight is 342 g/mol. The largest absolute Gasteiger partial charge is 0.405 e. The predicted octanol–water partition coefficient (Wildman–Crippen LogP) is 2.41. The molecule has 0 fully saturated rings. The first-order valence-electron chi connectivity index (χ1n) is 7.90. The highest BCUT2D eigenvalue weighted by Crippen LogP contribution is 2.13. The van der Waals surface area contributed by atoms with Gasteiger partial charge in [0, 0.05) is 30.6 Å². The van der Waals surface area contributed by atoms with E-state index in [9.17, 15) is 18.0 Å². The van der Waals surface area contributed by atoms with Crippen LogP contribution in [0.25, 0.3) is 12.8 Å². The van der Waals surface area contributed by atoms with Crippen molar-refractivity contribution >= 4 is 18.7 Å². The van der Waals surface area contributed by atoms with Crippen molar-refractivity contribution in [3.63, 3.8) is 0 Å². The standard InChI is InChI=1S/C18H25F3N2O/c1-6-12(2)9-23(5)10-16-13(3)7-8-15(14(16)4)17(24)22-11-18(19,20)21/h7-8,10,12H,3,6,9,11H2,1-2,4-5H3,(H,22,24)/b16-10+. The summed E-state index contributed by atoms with van der Waals surface area (Å²) in [5.41, 5.74) is 0.855. The van der Waals surface area contributed by atoms with E-state index in [1.54, 1.807) is 13.0 Å². The molecule has 0 saturated heterocycles. The van der Waals surface area contributed by atoms with Crippen LogP contribution >= 0.6 is 0 Å². The lowest BCUT2D eigenvalue weighted by atomic mass is 10.0. The van der Waals surface area contributed by atoms with Gasteiger partial charge in [0.2, 0.25) is 0 Å². The summed E-state index contributed by atoms with van der Waals surface area (Å²) in [5.74, 6) is -0.220. The second kappa shape index (κ2) is 8.22. The molecule has 0 aliphatic heterocycles. The predicted molar refractivity (Wildman–Crippen MR) is 90.9 cm³/mol. The molecule has 0 heterocycles. The zero-order valence-corrected chi connectivity index (χ0v) is 14.6. The van der Waals surface area contributed by atoms with Crippen LogP contribution in [0.15, 0.2) is 12.1 Å². The number of halogens is 3. The number of carbonyl (C=O) groups is 1. The highest BCUT2D eigenvalue weighted by molar-refractivity contribution is 5.95. The summed E-state index contributed by atoms with van der Waals surface area (Å²) in [6.45, 7) is 9.43. The first-order chi connectivity index (χ1) is 11.0. The Bertz CT molecular complexity index is 683. The summed E-state index contributed by atoms with van der Waals surface area (Å²) in [4.78, 5) is 14.0. The van der Waals surface area contributed by atoms with Gasteiger partial charge in [0.1, 0.15) is 6.54 Å². The topological polar surface area (TPSA) is 32.3 Å². The average Bonchev–Trinajstić information content (AvgIpc) is 2.48. The summed E-state index contributed by atoms with van der Waals surface area (Å²) in [6.07, 6.45) is -1.49. The van der Waals surface area contributed by atoms with Crippen LogP contribution < -0.4 is 15.8 Å². The van der Waals surface area contributed by atoms with E-state index in [-0.39, 0.29) is 5.56 Å². The third kappa shape index (κ3) is 5.91. The minimum Gasteiger partial charge on any atom is -0.380 e. The van der Waals surface area contributed by atoms with Gasteiger partial charge in [-0.1, -0.05) is 32.9 Å². The number of nitrogens with zero attached hydrogens (tertiary/aromatic N) is 1. The number of nitrogens with one attached hydrogen (secondary N) is 1. The van der Waals surface area contributed by atoms with E-state index < -0.39 is 18.6 Å². The minimum absolute atomic E-state index is 0.231. The second-order valence-electron chi connectivity index (χ2n) is 6.19. The second-order valence-corrected chi connectivity index (χ2v) is 6.19. The number of carbonyl (C=O) groups excluding carboxylic acids is 1. The van der Waals surface area contributed by atoms with E-state index in [1.165, 1.54) is 6.07 Å². The van der Waals surface area contributed by atoms with Crippen molar-refractivity contribution in [1.82, 2.24) is 10.2 Å². The van der Waals surface area contributed by atoms with Crippen molar-refractivity contribution in [2.75, 3.05) is 20.1 Å². The SMILES string of the molecule is C=c1ccc(C(=O)NCC(F)(F)F)c(C)/c1=C/N(C)CC(C)CC. The lowest BCUT2D eigenvalue weighted by Gasteiger charge is -2.19. The highest BCUT2D eigenvalue weighted by atomic mass is 19.4. The van der Waals surface area contributed by atoms with E-state index in [0.717, 1.165) is 23.4 Å². The Morgan fingerprint density at radius 1 is 1.42 bits per heavy atom. The molecule has 0 bridgehead atoms. The molecule has 3 nitrogen and oxygen atoms in total. The number of rotatable bonds is 6. The molecule has 1 amide bonds. The fraction of sp³-hybridized carbons (Fsp3) is 0.500. The van der Waals surface area contributed by atoms with Gasteiger partial charge in [0.05, 0.1) is 0 Å². The molecule has 0 spiro atoms. The smallest absolute Gasteiger partial charge is 0.380 e. The van der Waals surface area contributed by atoms with Crippen molar-refractivity contribution in [3.05, 3.63) is 33.7 Å². The number of hydrogen-bond donors (Lipinski definition) is 1. The molecule has 1 unspecified atom stereocenters. The molecular formula is C18H25F3N2O. The highest BCUT2D eigenvalue weighted by Gasteiger charge is 2.28. The fourth-order valence-corrected chi connectivity index (χ4v) is 2.38. The molecule has 1 aromatic rings. The molecule has 1 rings (SSSR count). The molecule has 0 aliphatic carbocycles. The van der Waals surface area contributed by atoms with Crippen molar-refractivity contribution in [1.29, 1.82) is 0 Å². The lowest BCUT2D eigenvalue weighted by molar-refractivity contribution is -0.123. The van der Waals surface area contributed by atoms with Crippen LogP contribution in [-0.4, -0.2) is 37.1 Å². The molecule has 0 aromatic heterocycles. The molecule has 0 aliphatic rings. The molecule has 0 radical (unpaired) electrons. The number of alkyl halides is 3. The Balaban J connectivity index is 3.12. The Morgan fingerprint density at radius 3 is 2.58 bits per heavy atom. The lowest BCUT2D eigenvalue weighted by Crippen LogP contribution is -2.37. The maximum absolute atomic E-state index is 12.3. The van der Waals surface area contributed by atoms with Gasteiger partial charge in [-0.2, -0.15) is 13.2 Å². The normalized spacial score (nSPS) is 13.7. The van der Waals surface area contributed by atoms with Gasteiger partial charge in [-0.15, -0.1) is 0 Å². The zero-order valence-electron chi connectivity index (χ0n) is 14.6. The van der Waals surface area contributed by atoms with Gasteiger partial charge < -0.3 is 10.2 Å². The van der Waals surface area contributed by atoms with E-state index in [1.807, 2.05) is 23.5 Å². The van der Waals surface area contributed by atoms with E-state index >= 15 is 0 Å².